The molecule has 0 saturated heterocycles. The first-order chi connectivity index (χ1) is 21.1. The van der Waals surface area contributed by atoms with E-state index in [4.69, 9.17) is 17.3 Å². The molecule has 5 rings (SSSR count). The molecular formula is C37H51ClN4OS. The molecule has 3 N–H and O–H groups in total. The Labute approximate surface area is 274 Å². The molecule has 0 aromatic heterocycles. The summed E-state index contributed by atoms with van der Waals surface area (Å²) in [5, 5.41) is 4.08. The Morgan fingerprint density at radius 2 is 1.30 bits per heavy atom. The molecule has 2 aliphatic carbocycles. The first-order valence-corrected chi connectivity index (χ1v) is 17.5. The molecule has 3 aromatic rings. The van der Waals surface area contributed by atoms with Gasteiger partial charge in [0.05, 0.1) is 11.6 Å². The molecule has 7 heteroatoms. The van der Waals surface area contributed by atoms with E-state index in [1.807, 2.05) is 49.6 Å². The number of hydrogen-bond acceptors (Lipinski definition) is 5. The number of carbonyl (C=O) groups excluding carboxylic acids is 1. The third-order valence-corrected chi connectivity index (χ3v) is 11.1. The van der Waals surface area contributed by atoms with Crippen LogP contribution in [0.4, 0.5) is 0 Å². The van der Waals surface area contributed by atoms with Crippen molar-refractivity contribution in [1.29, 1.82) is 0 Å². The molecule has 0 radical (unpaired) electrons. The predicted octanol–water partition coefficient (Wildman–Crippen LogP) is 8.28. The molecular weight excluding hydrogens is 584 g/mol. The number of aryl methyl sites for hydroxylation is 1. The van der Waals surface area contributed by atoms with Crippen molar-refractivity contribution in [2.24, 2.45) is 5.73 Å². The van der Waals surface area contributed by atoms with E-state index in [2.05, 4.69) is 79.7 Å². The largest absolute Gasteiger partial charge is 0.343 e. The quantitative estimate of drug-likeness (QED) is 0.232. The molecule has 44 heavy (non-hydrogen) atoms. The molecule has 5 nitrogen and oxygen atoms in total. The number of nitrogens with one attached hydrogen (secondary N) is 1. The maximum absolute atomic E-state index is 13.5. The third kappa shape index (κ3) is 7.37. The Kier molecular flexibility index (Phi) is 12.0. The Balaban J connectivity index is 0.000000233. The van der Waals surface area contributed by atoms with Crippen LogP contribution in [0.2, 0.25) is 5.02 Å². The van der Waals surface area contributed by atoms with Crippen molar-refractivity contribution >= 4 is 29.3 Å². The minimum Gasteiger partial charge on any atom is -0.343 e. The van der Waals surface area contributed by atoms with Crippen LogP contribution in [0.5, 0.6) is 0 Å². The fourth-order valence-corrected chi connectivity index (χ4v) is 8.56. The van der Waals surface area contributed by atoms with Gasteiger partial charge in [-0.1, -0.05) is 97.9 Å². The van der Waals surface area contributed by atoms with Crippen molar-refractivity contribution in [3.63, 3.8) is 0 Å². The lowest BCUT2D eigenvalue weighted by molar-refractivity contribution is 0.0763. The van der Waals surface area contributed by atoms with Gasteiger partial charge < -0.3 is 20.9 Å². The van der Waals surface area contributed by atoms with E-state index in [9.17, 15) is 4.79 Å². The van der Waals surface area contributed by atoms with Crippen LogP contribution in [-0.2, 0) is 0 Å². The minimum absolute atomic E-state index is 0.0273. The van der Waals surface area contributed by atoms with Gasteiger partial charge >= 0.3 is 0 Å². The topological polar surface area (TPSA) is 61.6 Å². The summed E-state index contributed by atoms with van der Waals surface area (Å²) in [7, 11) is 8.59. The highest BCUT2D eigenvalue weighted by Crippen LogP contribution is 2.44. The Morgan fingerprint density at radius 3 is 1.77 bits per heavy atom. The van der Waals surface area contributed by atoms with Crippen LogP contribution in [-0.4, -0.2) is 61.2 Å². The molecule has 0 aliphatic heterocycles. The lowest BCUT2D eigenvalue weighted by atomic mass is 9.82. The lowest BCUT2D eigenvalue weighted by Gasteiger charge is -2.44. The van der Waals surface area contributed by atoms with Crippen molar-refractivity contribution in [1.82, 2.24) is 15.1 Å². The van der Waals surface area contributed by atoms with Crippen LogP contribution in [0.1, 0.15) is 90.5 Å². The normalized spacial score (nSPS) is 18.5. The van der Waals surface area contributed by atoms with Gasteiger partial charge in [0.1, 0.15) is 0 Å². The van der Waals surface area contributed by atoms with Crippen LogP contribution < -0.4 is 11.1 Å². The number of thioether (sulfide) groups is 1. The maximum Gasteiger partial charge on any atom is 0.253 e. The zero-order valence-electron chi connectivity index (χ0n) is 27.4. The van der Waals surface area contributed by atoms with Gasteiger partial charge in [-0.2, -0.15) is 0 Å². The summed E-state index contributed by atoms with van der Waals surface area (Å²) in [5.74, 6) is -0.0273. The number of amides is 1. The van der Waals surface area contributed by atoms with Crippen LogP contribution in [0, 0.1) is 6.92 Å². The van der Waals surface area contributed by atoms with Crippen molar-refractivity contribution in [3.8, 4) is 0 Å². The van der Waals surface area contributed by atoms with E-state index < -0.39 is 0 Å². The van der Waals surface area contributed by atoms with Gasteiger partial charge in [-0.15, -0.1) is 11.8 Å². The number of halogens is 1. The Bertz CT molecular complexity index is 1350. The van der Waals surface area contributed by atoms with Gasteiger partial charge in [-0.3, -0.25) is 4.79 Å². The molecule has 3 aromatic carbocycles. The Hall–Kier alpha value is -2.35. The van der Waals surface area contributed by atoms with Gasteiger partial charge in [0.25, 0.3) is 5.91 Å². The van der Waals surface area contributed by atoms with Crippen LogP contribution in [0.15, 0.2) is 77.7 Å². The van der Waals surface area contributed by atoms with E-state index in [-0.39, 0.29) is 29.1 Å². The Morgan fingerprint density at radius 1 is 0.818 bits per heavy atom. The molecule has 2 saturated carbocycles. The minimum atomic E-state index is -0.0726. The first kappa shape index (κ1) is 34.5. The van der Waals surface area contributed by atoms with Crippen molar-refractivity contribution in [2.75, 3.05) is 34.4 Å². The summed E-state index contributed by atoms with van der Waals surface area (Å²) in [6.07, 6.45) is 11.6. The van der Waals surface area contributed by atoms with Crippen molar-refractivity contribution in [3.05, 3.63) is 100 Å². The van der Waals surface area contributed by atoms with Crippen molar-refractivity contribution < 1.29 is 4.79 Å². The number of nitrogens with two attached hydrogens (primary N) is 1. The van der Waals surface area contributed by atoms with Gasteiger partial charge in [0, 0.05) is 27.0 Å². The fourth-order valence-electron chi connectivity index (χ4n) is 7.52. The third-order valence-electron chi connectivity index (χ3n) is 10.1. The molecule has 1 amide bonds. The van der Waals surface area contributed by atoms with E-state index in [0.29, 0.717) is 5.02 Å². The molecule has 238 valence electrons. The van der Waals surface area contributed by atoms with Crippen LogP contribution in [0.3, 0.4) is 0 Å². The van der Waals surface area contributed by atoms with Gasteiger partial charge in [-0.25, -0.2) is 0 Å². The summed E-state index contributed by atoms with van der Waals surface area (Å²) in [6.45, 7) is 1.95. The van der Waals surface area contributed by atoms with Gasteiger partial charge in [-0.05, 0) is 95.9 Å². The van der Waals surface area contributed by atoms with Crippen molar-refractivity contribution in [2.45, 2.75) is 86.3 Å². The average molecular weight is 635 g/mol. The highest BCUT2D eigenvalue weighted by atomic mass is 35.5. The summed E-state index contributed by atoms with van der Waals surface area (Å²) < 4.78 is 0. The fraction of sp³-hybridized carbons (Fsp3) is 0.486. The highest BCUT2D eigenvalue weighted by Gasteiger charge is 2.45. The second-order valence-corrected chi connectivity index (χ2v) is 14.2. The summed E-state index contributed by atoms with van der Waals surface area (Å²) in [4.78, 5) is 19.0. The average Bonchev–Trinajstić information content (AvgIpc) is 3.72. The van der Waals surface area contributed by atoms with Gasteiger partial charge in [0.2, 0.25) is 0 Å². The summed E-state index contributed by atoms with van der Waals surface area (Å²) in [5.41, 5.74) is 10.6. The zero-order chi connectivity index (χ0) is 31.9. The maximum atomic E-state index is 13.5. The smallest absolute Gasteiger partial charge is 0.253 e. The van der Waals surface area contributed by atoms with Crippen LogP contribution in [0.25, 0.3) is 0 Å². The van der Waals surface area contributed by atoms with Crippen LogP contribution >= 0.6 is 23.4 Å². The lowest BCUT2D eigenvalue weighted by Crippen LogP contribution is -2.53. The molecule has 2 unspecified atom stereocenters. The van der Waals surface area contributed by atoms with E-state index in [0.717, 1.165) is 34.4 Å². The summed E-state index contributed by atoms with van der Waals surface area (Å²) in [6, 6.07) is 24.7. The number of nitrogens with zero attached hydrogens (tertiary/aromatic N) is 2. The van der Waals surface area contributed by atoms with E-state index >= 15 is 0 Å². The molecule has 2 aliphatic rings. The standard InChI is InChI=1S/C23H29ClN2OS.C14H22N2/c1-16-14-18(24)15-19(28-4)20(16)22(27)25-21(17-10-6-5-7-11-17)23(26(2)3)12-8-9-13-23;1-16(2)14(10-6-7-11-14)13(15)12-8-4-3-5-9-12/h5-7,10-11,14-15,21H,8-9,12-13H2,1-4H3,(H,25,27);3-5,8-9,13H,6-7,10-11,15H2,1-2H3. The predicted molar refractivity (Wildman–Crippen MR) is 188 cm³/mol. The first-order valence-electron chi connectivity index (χ1n) is 15.9. The number of likely N-dealkylation sites (N-methyl/N-ethyl adjacent to an activating group) is 2. The number of carbonyl (C=O) groups is 1. The van der Waals surface area contributed by atoms with E-state index in [1.54, 1.807) is 11.8 Å². The second-order valence-electron chi connectivity index (χ2n) is 12.9. The number of hydrogen-bond donors (Lipinski definition) is 2. The molecule has 0 bridgehead atoms. The number of rotatable bonds is 9. The molecule has 0 spiro atoms. The van der Waals surface area contributed by atoms with E-state index in [1.165, 1.54) is 44.1 Å². The highest BCUT2D eigenvalue weighted by molar-refractivity contribution is 7.98. The molecule has 2 fully saturated rings. The monoisotopic (exact) mass is 634 g/mol. The summed E-state index contributed by atoms with van der Waals surface area (Å²) >= 11 is 7.78. The second kappa shape index (κ2) is 15.3. The SMILES string of the molecule is CN(C)C1(C(N)c2ccccc2)CCCC1.CSc1cc(Cl)cc(C)c1C(=O)NC(c1ccccc1)C1(N(C)C)CCCC1. The van der Waals surface area contributed by atoms with Gasteiger partial charge in [0.15, 0.2) is 0 Å². The number of benzene rings is 3. The molecule has 0 heterocycles. The zero-order valence-corrected chi connectivity index (χ0v) is 29.0. The molecule has 2 atom stereocenters.